The lowest BCUT2D eigenvalue weighted by Gasteiger charge is -2.62. The standard InChI is InChI=1S/C23H28F2O5/c1-12(26)30-11-19(28)15-5-4-14-16-9-18(24)17-8-13(27)6-7-22(17,3)23(16,25)20(29)10-21(14,15)2/h6-8,14-16,18,20,29H,4-5,9-11H2,1-3H3/t14?,15-,16+,18+,20?,21?,22?,23+/m1/s1. The summed E-state index contributed by atoms with van der Waals surface area (Å²) in [5, 5.41) is 11.1. The normalized spacial score (nSPS) is 47.1. The molecule has 0 aromatic heterocycles. The van der Waals surface area contributed by atoms with E-state index in [9.17, 15) is 19.5 Å². The first-order chi connectivity index (χ1) is 13.9. The number of hydrogen-bond donors (Lipinski definition) is 1. The van der Waals surface area contributed by atoms with Gasteiger partial charge in [-0.15, -0.1) is 0 Å². The number of allylic oxidation sites excluding steroid dienone is 4. The first-order valence-corrected chi connectivity index (χ1v) is 10.6. The third kappa shape index (κ3) is 2.70. The molecule has 4 unspecified atom stereocenters. The third-order valence-electron chi connectivity index (χ3n) is 8.43. The van der Waals surface area contributed by atoms with Crippen molar-refractivity contribution >= 4 is 17.5 Å². The SMILES string of the molecule is CC(=O)OCC(=O)[C@H]1CCC2[C@@H]3C[C@H](F)C4=CC(=O)C=CC4(C)[C@@]3(F)C(O)CC21C. The number of aliphatic hydroxyl groups excluding tert-OH is 1. The molecule has 30 heavy (non-hydrogen) atoms. The first-order valence-electron chi connectivity index (χ1n) is 10.6. The van der Waals surface area contributed by atoms with Gasteiger partial charge in [0.1, 0.15) is 12.8 Å². The highest BCUT2D eigenvalue weighted by Gasteiger charge is 2.72. The number of aliphatic hydroxyl groups is 1. The molecule has 7 heteroatoms. The van der Waals surface area contributed by atoms with Crippen molar-refractivity contribution < 1.29 is 33.0 Å². The maximum absolute atomic E-state index is 16.8. The Morgan fingerprint density at radius 3 is 2.63 bits per heavy atom. The van der Waals surface area contributed by atoms with Gasteiger partial charge < -0.3 is 9.84 Å². The number of fused-ring (bicyclic) bond motifs is 5. The van der Waals surface area contributed by atoms with Crippen molar-refractivity contribution in [2.75, 3.05) is 6.61 Å². The van der Waals surface area contributed by atoms with Crippen LogP contribution < -0.4 is 0 Å². The summed E-state index contributed by atoms with van der Waals surface area (Å²) in [6, 6.07) is 0. The second-order valence-corrected chi connectivity index (χ2v) is 9.82. The number of Topliss-reactive ketones (excluding diaryl/α,β-unsaturated/α-hetero) is 1. The van der Waals surface area contributed by atoms with Gasteiger partial charge in [-0.25, -0.2) is 8.78 Å². The molecule has 0 aromatic carbocycles. The molecule has 5 nitrogen and oxygen atoms in total. The molecule has 164 valence electrons. The molecule has 0 heterocycles. The fourth-order valence-electron chi connectivity index (χ4n) is 7.00. The molecule has 4 aliphatic carbocycles. The Bertz CT molecular complexity index is 866. The molecular formula is C23H28F2O5. The number of alkyl halides is 2. The minimum atomic E-state index is -2.13. The van der Waals surface area contributed by atoms with E-state index in [0.717, 1.165) is 0 Å². The first kappa shape index (κ1) is 21.3. The van der Waals surface area contributed by atoms with Crippen molar-refractivity contribution in [1.82, 2.24) is 0 Å². The number of halogens is 2. The number of ketones is 2. The average Bonchev–Trinajstić information content (AvgIpc) is 3.00. The Labute approximate surface area is 174 Å². The number of rotatable bonds is 3. The van der Waals surface area contributed by atoms with Crippen LogP contribution in [0.3, 0.4) is 0 Å². The number of carbonyl (C=O) groups is 3. The summed E-state index contributed by atoms with van der Waals surface area (Å²) in [5.74, 6) is -2.72. The number of hydrogen-bond acceptors (Lipinski definition) is 5. The van der Waals surface area contributed by atoms with Crippen molar-refractivity contribution in [3.8, 4) is 0 Å². The average molecular weight is 422 g/mol. The minimum Gasteiger partial charge on any atom is -0.458 e. The molecule has 8 atom stereocenters. The highest BCUT2D eigenvalue weighted by atomic mass is 19.1. The van der Waals surface area contributed by atoms with E-state index >= 15 is 8.78 Å². The Balaban J connectivity index is 1.71. The maximum atomic E-state index is 16.8. The van der Waals surface area contributed by atoms with Gasteiger partial charge in [0.2, 0.25) is 0 Å². The summed E-state index contributed by atoms with van der Waals surface area (Å²) in [6.07, 6.45) is 1.90. The zero-order valence-electron chi connectivity index (χ0n) is 17.5. The molecule has 0 aliphatic heterocycles. The Morgan fingerprint density at radius 1 is 1.27 bits per heavy atom. The number of esters is 1. The summed E-state index contributed by atoms with van der Waals surface area (Å²) >= 11 is 0. The Hall–Kier alpha value is -1.89. The molecule has 4 aliphatic rings. The fraction of sp³-hybridized carbons (Fsp3) is 0.696. The van der Waals surface area contributed by atoms with E-state index in [1.165, 1.54) is 25.2 Å². The highest BCUT2D eigenvalue weighted by molar-refractivity contribution is 6.01. The molecular weight excluding hydrogens is 394 g/mol. The van der Waals surface area contributed by atoms with Crippen molar-refractivity contribution in [1.29, 1.82) is 0 Å². The van der Waals surface area contributed by atoms with E-state index in [2.05, 4.69) is 0 Å². The second kappa shape index (κ2) is 6.81. The van der Waals surface area contributed by atoms with Crippen LogP contribution in [-0.2, 0) is 19.1 Å². The summed E-state index contributed by atoms with van der Waals surface area (Å²) < 4.78 is 36.9. The lowest BCUT2D eigenvalue weighted by molar-refractivity contribution is -0.202. The van der Waals surface area contributed by atoms with Crippen molar-refractivity contribution in [2.45, 2.75) is 64.4 Å². The minimum absolute atomic E-state index is 0.0583. The van der Waals surface area contributed by atoms with E-state index in [0.29, 0.717) is 12.8 Å². The lowest BCUT2D eigenvalue weighted by atomic mass is 9.45. The van der Waals surface area contributed by atoms with Crippen molar-refractivity contribution in [2.24, 2.45) is 28.6 Å². The molecule has 1 N–H and O–H groups in total. The second-order valence-electron chi connectivity index (χ2n) is 9.82. The monoisotopic (exact) mass is 422 g/mol. The largest absolute Gasteiger partial charge is 0.458 e. The highest BCUT2D eigenvalue weighted by Crippen LogP contribution is 2.69. The summed E-state index contributed by atoms with van der Waals surface area (Å²) in [4.78, 5) is 35.7. The van der Waals surface area contributed by atoms with Gasteiger partial charge in [0.15, 0.2) is 17.2 Å². The van der Waals surface area contributed by atoms with Crippen LogP contribution in [0, 0.1) is 28.6 Å². The predicted octanol–water partition coefficient (Wildman–Crippen LogP) is 3.05. The fourth-order valence-corrected chi connectivity index (χ4v) is 7.00. The van der Waals surface area contributed by atoms with Gasteiger partial charge in [-0.2, -0.15) is 0 Å². The van der Waals surface area contributed by atoms with E-state index in [4.69, 9.17) is 4.74 Å². The van der Waals surface area contributed by atoms with E-state index in [1.807, 2.05) is 6.92 Å². The smallest absolute Gasteiger partial charge is 0.303 e. The van der Waals surface area contributed by atoms with Gasteiger partial charge in [-0.1, -0.05) is 13.0 Å². The van der Waals surface area contributed by atoms with Crippen LogP contribution in [0.25, 0.3) is 0 Å². The maximum Gasteiger partial charge on any atom is 0.303 e. The predicted molar refractivity (Wildman–Crippen MR) is 104 cm³/mol. The molecule has 4 rings (SSSR count). The molecule has 3 fully saturated rings. The van der Waals surface area contributed by atoms with Gasteiger partial charge >= 0.3 is 5.97 Å². The Morgan fingerprint density at radius 2 is 1.97 bits per heavy atom. The molecule has 0 radical (unpaired) electrons. The lowest BCUT2D eigenvalue weighted by Crippen LogP contribution is -2.68. The molecule has 0 aromatic rings. The quantitative estimate of drug-likeness (QED) is 0.707. The van der Waals surface area contributed by atoms with Gasteiger partial charge in [0, 0.05) is 24.2 Å². The molecule has 0 amide bonds. The van der Waals surface area contributed by atoms with E-state index < -0.39 is 46.6 Å². The van der Waals surface area contributed by atoms with Gasteiger partial charge in [0.05, 0.1) is 6.10 Å². The molecule has 0 spiro atoms. The van der Waals surface area contributed by atoms with Crippen LogP contribution in [-0.4, -0.2) is 47.2 Å². The van der Waals surface area contributed by atoms with Crippen LogP contribution in [0.2, 0.25) is 0 Å². The molecule has 0 saturated heterocycles. The van der Waals surface area contributed by atoms with Crippen LogP contribution in [0.5, 0.6) is 0 Å². The van der Waals surface area contributed by atoms with Gasteiger partial charge in [-0.3, -0.25) is 14.4 Å². The Kier molecular flexibility index (Phi) is 4.84. The summed E-state index contributed by atoms with van der Waals surface area (Å²) in [5.41, 5.74) is -4.15. The number of ether oxygens (including phenoxy) is 1. The van der Waals surface area contributed by atoms with E-state index in [-0.39, 0.29) is 42.5 Å². The topological polar surface area (TPSA) is 80.7 Å². The third-order valence-corrected chi connectivity index (χ3v) is 8.43. The zero-order chi connectivity index (χ0) is 22.1. The van der Waals surface area contributed by atoms with Crippen molar-refractivity contribution in [3.05, 3.63) is 23.8 Å². The van der Waals surface area contributed by atoms with Gasteiger partial charge in [-0.05, 0) is 61.7 Å². The number of carbonyl (C=O) groups excluding carboxylic acids is 3. The summed E-state index contributed by atoms with van der Waals surface area (Å²) in [6.45, 7) is 4.31. The van der Waals surface area contributed by atoms with Crippen LogP contribution >= 0.6 is 0 Å². The van der Waals surface area contributed by atoms with Crippen molar-refractivity contribution in [3.63, 3.8) is 0 Å². The molecule has 0 bridgehead atoms. The molecule has 3 saturated carbocycles. The van der Waals surface area contributed by atoms with Crippen LogP contribution in [0.15, 0.2) is 23.8 Å². The van der Waals surface area contributed by atoms with Crippen LogP contribution in [0.4, 0.5) is 8.78 Å². The van der Waals surface area contributed by atoms with Crippen LogP contribution in [0.1, 0.15) is 46.5 Å². The van der Waals surface area contributed by atoms with E-state index in [1.54, 1.807) is 6.92 Å². The van der Waals surface area contributed by atoms with Gasteiger partial charge in [0.25, 0.3) is 0 Å². The summed E-state index contributed by atoms with van der Waals surface area (Å²) in [7, 11) is 0. The zero-order valence-corrected chi connectivity index (χ0v) is 17.5.